The van der Waals surface area contributed by atoms with E-state index in [1.807, 2.05) is 24.6 Å². The van der Waals surface area contributed by atoms with Crippen molar-refractivity contribution in [2.24, 2.45) is 5.92 Å². The standard InChI is InChI=1S/C23H26N4O3S2/c1-17-4-2-6-21(14-17)32(29,30)26-20-9-7-19(8-10-20)22(28)25-15-18-5-3-12-27(16-18)23-24-11-13-31-23/h2,4,6-11,13-14,18,26H,3,5,12,15-16H2,1H3,(H,25,28). The molecule has 3 aromatic rings. The van der Waals surface area contributed by atoms with Crippen LogP contribution in [0.25, 0.3) is 0 Å². The van der Waals surface area contributed by atoms with Gasteiger partial charge in [0.1, 0.15) is 0 Å². The molecular formula is C23H26N4O3S2. The predicted molar refractivity (Wildman–Crippen MR) is 128 cm³/mol. The highest BCUT2D eigenvalue weighted by molar-refractivity contribution is 7.92. The number of hydrogen-bond donors (Lipinski definition) is 2. The van der Waals surface area contributed by atoms with Crippen LogP contribution in [0.1, 0.15) is 28.8 Å². The Morgan fingerprint density at radius 2 is 2.03 bits per heavy atom. The molecule has 2 heterocycles. The maximum absolute atomic E-state index is 12.6. The third kappa shape index (κ3) is 5.46. The zero-order valence-electron chi connectivity index (χ0n) is 17.8. The number of carbonyl (C=O) groups is 1. The molecule has 7 nitrogen and oxygen atoms in total. The van der Waals surface area contributed by atoms with Gasteiger partial charge in [0.15, 0.2) is 5.13 Å². The summed E-state index contributed by atoms with van der Waals surface area (Å²) >= 11 is 1.64. The Labute approximate surface area is 192 Å². The molecule has 0 spiro atoms. The molecule has 1 amide bonds. The van der Waals surface area contributed by atoms with Crippen LogP contribution in [-0.2, 0) is 10.0 Å². The Balaban J connectivity index is 1.32. The number of benzene rings is 2. The molecule has 1 fully saturated rings. The number of rotatable bonds is 7. The zero-order valence-corrected chi connectivity index (χ0v) is 19.5. The number of aromatic nitrogens is 1. The Hall–Kier alpha value is -2.91. The molecule has 0 bridgehead atoms. The fourth-order valence-electron chi connectivity index (χ4n) is 3.80. The van der Waals surface area contributed by atoms with Gasteiger partial charge in [0.2, 0.25) is 0 Å². The molecule has 1 aliphatic rings. The molecule has 1 aromatic heterocycles. The van der Waals surface area contributed by atoms with Crippen LogP contribution >= 0.6 is 11.3 Å². The first kappa shape index (κ1) is 22.3. The van der Waals surface area contributed by atoms with Gasteiger partial charge in [-0.2, -0.15) is 0 Å². The van der Waals surface area contributed by atoms with Gasteiger partial charge in [-0.15, -0.1) is 11.3 Å². The van der Waals surface area contributed by atoms with Gasteiger partial charge in [-0.1, -0.05) is 12.1 Å². The van der Waals surface area contributed by atoms with Crippen molar-refractivity contribution in [3.05, 3.63) is 71.2 Å². The summed E-state index contributed by atoms with van der Waals surface area (Å²) in [5, 5.41) is 6.02. The summed E-state index contributed by atoms with van der Waals surface area (Å²) in [6.07, 6.45) is 3.97. The van der Waals surface area contributed by atoms with Gasteiger partial charge in [-0.3, -0.25) is 9.52 Å². The number of nitrogens with zero attached hydrogens (tertiary/aromatic N) is 2. The molecule has 9 heteroatoms. The number of sulfonamides is 1. The number of amides is 1. The van der Waals surface area contributed by atoms with E-state index in [-0.39, 0.29) is 10.8 Å². The van der Waals surface area contributed by atoms with E-state index >= 15 is 0 Å². The van der Waals surface area contributed by atoms with Crippen molar-refractivity contribution in [2.45, 2.75) is 24.7 Å². The molecule has 0 aliphatic carbocycles. The van der Waals surface area contributed by atoms with E-state index in [0.717, 1.165) is 36.6 Å². The average Bonchev–Trinajstić information content (AvgIpc) is 3.33. The Bertz CT molecular complexity index is 1160. The van der Waals surface area contributed by atoms with E-state index in [9.17, 15) is 13.2 Å². The molecule has 1 saturated heterocycles. The van der Waals surface area contributed by atoms with Crippen LogP contribution in [0.15, 0.2) is 65.0 Å². The summed E-state index contributed by atoms with van der Waals surface area (Å²) in [6.45, 7) is 4.32. The van der Waals surface area contributed by atoms with Gasteiger partial charge in [0, 0.05) is 42.5 Å². The minimum absolute atomic E-state index is 0.163. The molecule has 32 heavy (non-hydrogen) atoms. The fourth-order valence-corrected chi connectivity index (χ4v) is 5.65. The number of thiazole rings is 1. The summed E-state index contributed by atoms with van der Waals surface area (Å²) in [5.74, 6) is 0.210. The molecular weight excluding hydrogens is 444 g/mol. The summed E-state index contributed by atoms with van der Waals surface area (Å²) in [4.78, 5) is 19.4. The van der Waals surface area contributed by atoms with Crippen LogP contribution in [0.2, 0.25) is 0 Å². The van der Waals surface area contributed by atoms with E-state index in [2.05, 4.69) is 19.9 Å². The van der Waals surface area contributed by atoms with Gasteiger partial charge in [-0.25, -0.2) is 13.4 Å². The Morgan fingerprint density at radius 3 is 2.75 bits per heavy atom. The lowest BCUT2D eigenvalue weighted by molar-refractivity contribution is 0.0945. The van der Waals surface area contributed by atoms with Gasteiger partial charge in [0.05, 0.1) is 4.90 Å². The highest BCUT2D eigenvalue weighted by Crippen LogP contribution is 2.24. The van der Waals surface area contributed by atoms with Gasteiger partial charge in [0.25, 0.3) is 15.9 Å². The van der Waals surface area contributed by atoms with E-state index < -0.39 is 10.0 Å². The number of aryl methyl sites for hydroxylation is 1. The second-order valence-electron chi connectivity index (χ2n) is 7.98. The largest absolute Gasteiger partial charge is 0.352 e. The summed E-state index contributed by atoms with van der Waals surface area (Å²) in [5.41, 5.74) is 1.78. The highest BCUT2D eigenvalue weighted by atomic mass is 32.2. The van der Waals surface area contributed by atoms with Crippen molar-refractivity contribution in [1.82, 2.24) is 10.3 Å². The second-order valence-corrected chi connectivity index (χ2v) is 10.5. The fraction of sp³-hybridized carbons (Fsp3) is 0.304. The lowest BCUT2D eigenvalue weighted by Gasteiger charge is -2.32. The van der Waals surface area contributed by atoms with Crippen molar-refractivity contribution in [1.29, 1.82) is 0 Å². The van der Waals surface area contributed by atoms with E-state index in [1.165, 1.54) is 0 Å². The summed E-state index contributed by atoms with van der Waals surface area (Å²) in [7, 11) is -3.68. The van der Waals surface area contributed by atoms with Crippen molar-refractivity contribution in [3.8, 4) is 0 Å². The maximum atomic E-state index is 12.6. The minimum atomic E-state index is -3.68. The van der Waals surface area contributed by atoms with Crippen LogP contribution in [0.3, 0.4) is 0 Å². The lowest BCUT2D eigenvalue weighted by Crippen LogP contribution is -2.41. The molecule has 0 saturated carbocycles. The minimum Gasteiger partial charge on any atom is -0.352 e. The van der Waals surface area contributed by atoms with Crippen molar-refractivity contribution >= 4 is 38.1 Å². The zero-order chi connectivity index (χ0) is 22.6. The summed E-state index contributed by atoms with van der Waals surface area (Å²) in [6, 6.07) is 13.2. The smallest absolute Gasteiger partial charge is 0.261 e. The third-order valence-electron chi connectivity index (χ3n) is 5.46. The maximum Gasteiger partial charge on any atom is 0.261 e. The van der Waals surface area contributed by atoms with Gasteiger partial charge >= 0.3 is 0 Å². The molecule has 2 N–H and O–H groups in total. The molecule has 1 aliphatic heterocycles. The first-order valence-electron chi connectivity index (χ1n) is 10.5. The Morgan fingerprint density at radius 1 is 1.22 bits per heavy atom. The number of nitrogens with one attached hydrogen (secondary N) is 2. The van der Waals surface area contributed by atoms with Crippen LogP contribution in [0.4, 0.5) is 10.8 Å². The normalized spacial score (nSPS) is 16.5. The summed E-state index contributed by atoms with van der Waals surface area (Å²) < 4.78 is 27.7. The van der Waals surface area contributed by atoms with Crippen LogP contribution in [-0.4, -0.2) is 38.9 Å². The number of piperidine rings is 1. The average molecular weight is 471 g/mol. The Kier molecular flexibility index (Phi) is 6.76. The number of carbonyl (C=O) groups excluding carboxylic acids is 1. The van der Waals surface area contributed by atoms with Crippen molar-refractivity contribution in [3.63, 3.8) is 0 Å². The first-order chi connectivity index (χ1) is 15.4. The van der Waals surface area contributed by atoms with Gasteiger partial charge in [-0.05, 0) is 67.6 Å². The SMILES string of the molecule is Cc1cccc(S(=O)(=O)Nc2ccc(C(=O)NCC3CCCN(c4nccs4)C3)cc2)c1. The van der Waals surface area contributed by atoms with Crippen LogP contribution in [0.5, 0.6) is 0 Å². The van der Waals surface area contributed by atoms with Crippen molar-refractivity contribution in [2.75, 3.05) is 29.3 Å². The van der Waals surface area contributed by atoms with E-state index in [1.54, 1.807) is 53.8 Å². The molecule has 168 valence electrons. The highest BCUT2D eigenvalue weighted by Gasteiger charge is 2.22. The van der Waals surface area contributed by atoms with Crippen molar-refractivity contribution < 1.29 is 13.2 Å². The molecule has 1 unspecified atom stereocenters. The van der Waals surface area contributed by atoms with Gasteiger partial charge < -0.3 is 10.2 Å². The first-order valence-corrected chi connectivity index (χ1v) is 12.9. The molecule has 2 aromatic carbocycles. The monoisotopic (exact) mass is 470 g/mol. The molecule has 1 atom stereocenters. The predicted octanol–water partition coefficient (Wildman–Crippen LogP) is 3.90. The lowest BCUT2D eigenvalue weighted by atomic mass is 9.98. The van der Waals surface area contributed by atoms with E-state index in [0.29, 0.717) is 23.7 Å². The molecule has 0 radical (unpaired) electrons. The molecule has 4 rings (SSSR count). The van der Waals surface area contributed by atoms with Crippen LogP contribution in [0, 0.1) is 12.8 Å². The third-order valence-corrected chi connectivity index (χ3v) is 7.67. The topological polar surface area (TPSA) is 91.4 Å². The number of hydrogen-bond acceptors (Lipinski definition) is 6. The van der Waals surface area contributed by atoms with Crippen LogP contribution < -0.4 is 14.9 Å². The quantitative estimate of drug-likeness (QED) is 0.547. The van der Waals surface area contributed by atoms with E-state index in [4.69, 9.17) is 0 Å². The second kappa shape index (κ2) is 9.70. The number of anilines is 2.